The molecule has 0 saturated heterocycles. The van der Waals surface area contributed by atoms with Crippen LogP contribution in [-0.2, 0) is 0 Å². The van der Waals surface area contributed by atoms with Crippen LogP contribution >= 0.6 is 0 Å². The van der Waals surface area contributed by atoms with Crippen LogP contribution in [-0.4, -0.2) is 19.6 Å². The minimum Gasteiger partial charge on any atom is -0.275 e. The third-order valence-electron chi connectivity index (χ3n) is 6.07. The summed E-state index contributed by atoms with van der Waals surface area (Å²) in [7, 11) is 0. The molecule has 5 heteroatoms. The van der Waals surface area contributed by atoms with Gasteiger partial charge in [-0.25, -0.2) is 9.36 Å². The Morgan fingerprint density at radius 3 is 1.38 bits per heavy atom. The number of hydrogen-bond acceptors (Lipinski definition) is 3. The molecule has 2 heterocycles. The molecule has 170 valence electrons. The van der Waals surface area contributed by atoms with Gasteiger partial charge in [0.15, 0.2) is 11.6 Å². The molecule has 0 fully saturated rings. The zero-order valence-corrected chi connectivity index (χ0v) is 20.3. The number of aryl methyl sites for hydroxylation is 5. The zero-order chi connectivity index (χ0) is 23.8. The lowest BCUT2D eigenvalue weighted by atomic mass is 10.0. The highest BCUT2D eigenvalue weighted by molar-refractivity contribution is 5.77. The predicted octanol–water partition coefficient (Wildman–Crippen LogP) is 7.07. The van der Waals surface area contributed by atoms with Crippen molar-refractivity contribution in [1.82, 2.24) is 19.6 Å². The van der Waals surface area contributed by atoms with Crippen LogP contribution in [0.15, 0.2) is 84.9 Å². The van der Waals surface area contributed by atoms with E-state index in [1.165, 1.54) is 16.7 Å². The van der Waals surface area contributed by atoms with Crippen molar-refractivity contribution in [2.75, 3.05) is 4.90 Å². The summed E-state index contributed by atoms with van der Waals surface area (Å²) in [6.45, 7) is 10.6. The van der Waals surface area contributed by atoms with Gasteiger partial charge in [-0.05, 0) is 70.0 Å². The first-order valence-electron chi connectivity index (χ1n) is 11.5. The summed E-state index contributed by atoms with van der Waals surface area (Å²) >= 11 is 0. The third-order valence-corrected chi connectivity index (χ3v) is 6.07. The summed E-state index contributed by atoms with van der Waals surface area (Å²) in [6.07, 6.45) is 0. The molecule has 0 aliphatic heterocycles. The molecule has 0 N–H and O–H groups in total. The molecule has 5 rings (SSSR count). The largest absolute Gasteiger partial charge is 0.275 e. The average molecular weight is 448 g/mol. The van der Waals surface area contributed by atoms with Gasteiger partial charge >= 0.3 is 0 Å². The van der Waals surface area contributed by atoms with Gasteiger partial charge in [0.05, 0.1) is 17.1 Å². The van der Waals surface area contributed by atoms with Crippen LogP contribution in [0.4, 0.5) is 17.3 Å². The SMILES string of the molecule is Cc1cc(C)c(N(c2cc(C)n(-c3ccccc3)n2)c2cc(C)n(-c3ccccc3)n2)c(C)c1. The standard InChI is InChI=1S/C29H29N5/c1-20-16-21(2)29(22(3)17-20)32(27-18-23(4)33(30-27)25-12-8-6-9-13-25)28-19-24(5)34(31-28)26-14-10-7-11-15-26/h6-19H,1-5H3. The fourth-order valence-corrected chi connectivity index (χ4v) is 4.67. The van der Waals surface area contributed by atoms with E-state index in [4.69, 9.17) is 10.2 Å². The van der Waals surface area contributed by atoms with Crippen molar-refractivity contribution in [3.05, 3.63) is 113 Å². The molecule has 0 amide bonds. The molecule has 0 radical (unpaired) electrons. The maximum atomic E-state index is 5.04. The average Bonchev–Trinajstić information content (AvgIpc) is 3.39. The van der Waals surface area contributed by atoms with Gasteiger partial charge in [-0.1, -0.05) is 54.1 Å². The topological polar surface area (TPSA) is 38.9 Å². The lowest BCUT2D eigenvalue weighted by Crippen LogP contribution is -2.15. The quantitative estimate of drug-likeness (QED) is 0.289. The van der Waals surface area contributed by atoms with Crippen LogP contribution < -0.4 is 4.90 Å². The second kappa shape index (κ2) is 8.67. The van der Waals surface area contributed by atoms with Crippen LogP contribution in [0.5, 0.6) is 0 Å². The zero-order valence-electron chi connectivity index (χ0n) is 20.3. The van der Waals surface area contributed by atoms with Crippen LogP contribution in [0.1, 0.15) is 28.1 Å². The van der Waals surface area contributed by atoms with E-state index in [0.717, 1.165) is 40.1 Å². The third kappa shape index (κ3) is 3.90. The molecule has 5 aromatic rings. The summed E-state index contributed by atoms with van der Waals surface area (Å²) in [5.41, 5.74) is 8.94. The number of hydrogen-bond donors (Lipinski definition) is 0. The second-order valence-electron chi connectivity index (χ2n) is 8.87. The summed E-state index contributed by atoms with van der Waals surface area (Å²) in [6, 6.07) is 29.2. The van der Waals surface area contributed by atoms with Crippen LogP contribution in [0.3, 0.4) is 0 Å². The van der Waals surface area contributed by atoms with Gasteiger partial charge in [0.1, 0.15) is 0 Å². The van der Waals surface area contributed by atoms with E-state index in [2.05, 4.69) is 88.0 Å². The maximum Gasteiger partial charge on any atom is 0.161 e. The number of para-hydroxylation sites is 2. The lowest BCUT2D eigenvalue weighted by molar-refractivity contribution is 0.830. The Morgan fingerprint density at radius 1 is 0.559 bits per heavy atom. The lowest BCUT2D eigenvalue weighted by Gasteiger charge is -2.24. The number of anilines is 3. The van der Waals surface area contributed by atoms with E-state index < -0.39 is 0 Å². The molecule has 34 heavy (non-hydrogen) atoms. The minimum atomic E-state index is 0.842. The summed E-state index contributed by atoms with van der Waals surface area (Å²) < 4.78 is 3.98. The molecule has 0 unspecified atom stereocenters. The monoisotopic (exact) mass is 447 g/mol. The predicted molar refractivity (Wildman–Crippen MR) is 139 cm³/mol. The molecule has 0 saturated carbocycles. The Hall–Kier alpha value is -4.12. The highest BCUT2D eigenvalue weighted by atomic mass is 15.4. The minimum absolute atomic E-state index is 0.842. The van der Waals surface area contributed by atoms with Crippen LogP contribution in [0.25, 0.3) is 11.4 Å². The molecule has 0 aliphatic carbocycles. The highest BCUT2D eigenvalue weighted by Gasteiger charge is 2.24. The van der Waals surface area contributed by atoms with Gasteiger partial charge in [-0.2, -0.15) is 0 Å². The summed E-state index contributed by atoms with van der Waals surface area (Å²) in [4.78, 5) is 2.18. The summed E-state index contributed by atoms with van der Waals surface area (Å²) in [5, 5.41) is 10.1. The van der Waals surface area contributed by atoms with Gasteiger partial charge < -0.3 is 0 Å². The smallest absolute Gasteiger partial charge is 0.161 e. The Bertz CT molecular complexity index is 1340. The Labute approximate surface area is 200 Å². The van der Waals surface area contributed by atoms with Gasteiger partial charge in [0.25, 0.3) is 0 Å². The summed E-state index contributed by atoms with van der Waals surface area (Å²) in [5.74, 6) is 1.68. The fourth-order valence-electron chi connectivity index (χ4n) is 4.67. The van der Waals surface area contributed by atoms with Crippen molar-refractivity contribution in [3.63, 3.8) is 0 Å². The van der Waals surface area contributed by atoms with Crippen molar-refractivity contribution < 1.29 is 0 Å². The van der Waals surface area contributed by atoms with Gasteiger partial charge in [0.2, 0.25) is 0 Å². The Balaban J connectivity index is 1.71. The normalized spacial score (nSPS) is 11.1. The molecule has 3 aromatic carbocycles. The van der Waals surface area contributed by atoms with E-state index in [-0.39, 0.29) is 0 Å². The molecule has 0 aliphatic rings. The fraction of sp³-hybridized carbons (Fsp3) is 0.172. The van der Waals surface area contributed by atoms with Crippen molar-refractivity contribution in [1.29, 1.82) is 0 Å². The van der Waals surface area contributed by atoms with Crippen LogP contribution in [0.2, 0.25) is 0 Å². The molecular weight excluding hydrogens is 418 g/mol. The first-order valence-corrected chi connectivity index (χ1v) is 11.5. The maximum absolute atomic E-state index is 5.04. The first-order chi connectivity index (χ1) is 16.4. The van der Waals surface area contributed by atoms with Crippen molar-refractivity contribution >= 4 is 17.3 Å². The van der Waals surface area contributed by atoms with E-state index in [9.17, 15) is 0 Å². The van der Waals surface area contributed by atoms with Crippen molar-refractivity contribution in [2.24, 2.45) is 0 Å². The second-order valence-corrected chi connectivity index (χ2v) is 8.87. The molecule has 2 aromatic heterocycles. The van der Waals surface area contributed by atoms with E-state index in [1.807, 2.05) is 45.8 Å². The molecule has 0 bridgehead atoms. The van der Waals surface area contributed by atoms with Crippen LogP contribution in [0, 0.1) is 34.6 Å². The molecule has 0 atom stereocenters. The first kappa shape index (κ1) is 21.7. The Morgan fingerprint density at radius 2 is 0.971 bits per heavy atom. The van der Waals surface area contributed by atoms with E-state index in [0.29, 0.717) is 0 Å². The number of benzene rings is 3. The number of rotatable bonds is 5. The molecular formula is C29H29N5. The van der Waals surface area contributed by atoms with Gasteiger partial charge in [-0.15, -0.1) is 10.2 Å². The molecule has 0 spiro atoms. The van der Waals surface area contributed by atoms with E-state index in [1.54, 1.807) is 0 Å². The van der Waals surface area contributed by atoms with Gasteiger partial charge in [-0.3, -0.25) is 4.90 Å². The highest BCUT2D eigenvalue weighted by Crippen LogP contribution is 2.39. The number of nitrogens with zero attached hydrogens (tertiary/aromatic N) is 5. The molecule has 5 nitrogen and oxygen atoms in total. The Kier molecular flexibility index (Phi) is 5.54. The number of aromatic nitrogens is 4. The van der Waals surface area contributed by atoms with Gasteiger partial charge in [0, 0.05) is 23.5 Å². The van der Waals surface area contributed by atoms with Crippen molar-refractivity contribution in [3.8, 4) is 11.4 Å². The van der Waals surface area contributed by atoms with E-state index >= 15 is 0 Å². The van der Waals surface area contributed by atoms with Crippen molar-refractivity contribution in [2.45, 2.75) is 34.6 Å².